The molecule has 1 heterocycles. The van der Waals surface area contributed by atoms with E-state index < -0.39 is 4.92 Å². The maximum Gasteiger partial charge on any atom is 0.270 e. The van der Waals surface area contributed by atoms with Gasteiger partial charge in [-0.1, -0.05) is 0 Å². The minimum absolute atomic E-state index is 0.114. The molecule has 20 heavy (non-hydrogen) atoms. The summed E-state index contributed by atoms with van der Waals surface area (Å²) in [6.07, 6.45) is 0. The van der Waals surface area contributed by atoms with E-state index in [1.54, 1.807) is 4.90 Å². The molecule has 0 radical (unpaired) electrons. The van der Waals surface area contributed by atoms with Gasteiger partial charge in [0.2, 0.25) is 0 Å². The van der Waals surface area contributed by atoms with E-state index in [0.29, 0.717) is 25.4 Å². The van der Waals surface area contributed by atoms with Crippen molar-refractivity contribution in [2.24, 2.45) is 0 Å². The Labute approximate surface area is 116 Å². The molecule has 0 saturated carbocycles. The number of nitro benzene ring substituents is 1. The van der Waals surface area contributed by atoms with Crippen molar-refractivity contribution in [1.82, 2.24) is 10.2 Å². The van der Waals surface area contributed by atoms with Crippen LogP contribution in [0.2, 0.25) is 0 Å². The van der Waals surface area contributed by atoms with Crippen LogP contribution in [0.15, 0.2) is 18.2 Å². The number of piperazine rings is 1. The Morgan fingerprint density at radius 1 is 1.55 bits per heavy atom. The quantitative estimate of drug-likeness (QED) is 0.660. The second-order valence-corrected chi connectivity index (χ2v) is 4.75. The Balaban J connectivity index is 2.31. The highest BCUT2D eigenvalue weighted by molar-refractivity contribution is 5.97. The SMILES string of the molecule is COc1ccc([N+](=O)[O-])cc1C(=O)N1CCNC(C)C1. The smallest absolute Gasteiger partial charge is 0.270 e. The largest absolute Gasteiger partial charge is 0.496 e. The van der Waals surface area contributed by atoms with Gasteiger partial charge in [0.15, 0.2) is 0 Å². The molecule has 7 nitrogen and oxygen atoms in total. The van der Waals surface area contributed by atoms with Gasteiger partial charge in [-0.15, -0.1) is 0 Å². The summed E-state index contributed by atoms with van der Waals surface area (Å²) < 4.78 is 5.13. The van der Waals surface area contributed by atoms with Crippen molar-refractivity contribution in [3.63, 3.8) is 0 Å². The predicted molar refractivity (Wildman–Crippen MR) is 73.0 cm³/mol. The maximum atomic E-state index is 12.5. The third kappa shape index (κ3) is 2.88. The number of nitrogens with zero attached hydrogens (tertiary/aromatic N) is 2. The fourth-order valence-corrected chi connectivity index (χ4v) is 2.26. The highest BCUT2D eigenvalue weighted by Gasteiger charge is 2.25. The number of hydrogen-bond donors (Lipinski definition) is 1. The molecule has 2 rings (SSSR count). The molecule has 1 N–H and O–H groups in total. The van der Waals surface area contributed by atoms with Gasteiger partial charge in [-0.2, -0.15) is 0 Å². The van der Waals surface area contributed by atoms with Crippen LogP contribution in [0.3, 0.4) is 0 Å². The molecule has 1 saturated heterocycles. The number of hydrogen-bond acceptors (Lipinski definition) is 5. The lowest BCUT2D eigenvalue weighted by Gasteiger charge is -2.32. The van der Waals surface area contributed by atoms with Crippen LogP contribution in [0.5, 0.6) is 5.75 Å². The molecule has 0 bridgehead atoms. The molecule has 7 heteroatoms. The number of carbonyl (C=O) groups excluding carboxylic acids is 1. The molecule has 1 fully saturated rings. The lowest BCUT2D eigenvalue weighted by Crippen LogP contribution is -2.51. The summed E-state index contributed by atoms with van der Waals surface area (Å²) in [6.45, 7) is 3.86. The number of nitro groups is 1. The molecule has 1 aromatic carbocycles. The number of amides is 1. The van der Waals surface area contributed by atoms with Crippen LogP contribution in [0.1, 0.15) is 17.3 Å². The third-order valence-electron chi connectivity index (χ3n) is 3.28. The van der Waals surface area contributed by atoms with Crippen LogP contribution in [-0.4, -0.2) is 48.5 Å². The lowest BCUT2D eigenvalue weighted by atomic mass is 10.1. The van der Waals surface area contributed by atoms with Gasteiger partial charge in [-0.25, -0.2) is 0 Å². The van der Waals surface area contributed by atoms with Gasteiger partial charge in [-0.3, -0.25) is 14.9 Å². The molecule has 1 unspecified atom stereocenters. The summed E-state index contributed by atoms with van der Waals surface area (Å²) in [5.41, 5.74) is 0.119. The molecule has 108 valence electrons. The van der Waals surface area contributed by atoms with E-state index in [2.05, 4.69) is 5.32 Å². The fourth-order valence-electron chi connectivity index (χ4n) is 2.26. The third-order valence-corrected chi connectivity index (χ3v) is 3.28. The van der Waals surface area contributed by atoms with Crippen LogP contribution >= 0.6 is 0 Å². The lowest BCUT2D eigenvalue weighted by molar-refractivity contribution is -0.384. The second-order valence-electron chi connectivity index (χ2n) is 4.75. The molecular weight excluding hydrogens is 262 g/mol. The second kappa shape index (κ2) is 5.87. The van der Waals surface area contributed by atoms with Crippen molar-refractivity contribution < 1.29 is 14.5 Å². The van der Waals surface area contributed by atoms with E-state index in [4.69, 9.17) is 4.74 Å². The van der Waals surface area contributed by atoms with E-state index in [9.17, 15) is 14.9 Å². The Hall–Kier alpha value is -2.15. The average Bonchev–Trinajstić information content (AvgIpc) is 2.45. The van der Waals surface area contributed by atoms with Crippen molar-refractivity contribution in [2.45, 2.75) is 13.0 Å². The summed E-state index contributed by atoms with van der Waals surface area (Å²) in [5.74, 6) is 0.116. The number of rotatable bonds is 3. The Kier molecular flexibility index (Phi) is 4.19. The van der Waals surface area contributed by atoms with Crippen LogP contribution in [0, 0.1) is 10.1 Å². The van der Waals surface area contributed by atoms with Gasteiger partial charge in [0.05, 0.1) is 17.6 Å². The summed E-state index contributed by atoms with van der Waals surface area (Å²) in [4.78, 5) is 24.5. The molecular formula is C13H17N3O4. The van der Waals surface area contributed by atoms with Gasteiger partial charge in [0.1, 0.15) is 5.75 Å². The van der Waals surface area contributed by atoms with Gasteiger partial charge in [0, 0.05) is 37.8 Å². The monoisotopic (exact) mass is 279 g/mol. The van der Waals surface area contributed by atoms with E-state index in [-0.39, 0.29) is 23.2 Å². The highest BCUT2D eigenvalue weighted by atomic mass is 16.6. The van der Waals surface area contributed by atoms with Gasteiger partial charge in [-0.05, 0) is 13.0 Å². The zero-order valence-corrected chi connectivity index (χ0v) is 11.5. The number of ether oxygens (including phenoxy) is 1. The molecule has 1 amide bonds. The molecule has 1 aliphatic rings. The molecule has 0 aromatic heterocycles. The number of carbonyl (C=O) groups is 1. The number of non-ortho nitro benzene ring substituents is 1. The zero-order chi connectivity index (χ0) is 14.7. The fraction of sp³-hybridized carbons (Fsp3) is 0.462. The first-order valence-corrected chi connectivity index (χ1v) is 6.38. The molecule has 1 aliphatic heterocycles. The summed E-state index contributed by atoms with van der Waals surface area (Å²) >= 11 is 0. The first kappa shape index (κ1) is 14.3. The number of methoxy groups -OCH3 is 1. The molecule has 0 aliphatic carbocycles. The van der Waals surface area contributed by atoms with E-state index >= 15 is 0 Å². The Bertz CT molecular complexity index is 532. The van der Waals surface area contributed by atoms with Crippen LogP contribution in [-0.2, 0) is 0 Å². The molecule has 1 atom stereocenters. The first-order valence-electron chi connectivity index (χ1n) is 6.38. The summed E-state index contributed by atoms with van der Waals surface area (Å²) in [5, 5.41) is 14.1. The average molecular weight is 279 g/mol. The minimum Gasteiger partial charge on any atom is -0.496 e. The standard InChI is InChI=1S/C13H17N3O4/c1-9-8-15(6-5-14-9)13(17)11-7-10(16(18)19)3-4-12(11)20-2/h3-4,7,9,14H,5-6,8H2,1-2H3. The number of benzene rings is 1. The van der Waals surface area contributed by atoms with Crippen LogP contribution in [0.4, 0.5) is 5.69 Å². The van der Waals surface area contributed by atoms with E-state index in [1.165, 1.54) is 25.3 Å². The Morgan fingerprint density at radius 3 is 2.90 bits per heavy atom. The first-order chi connectivity index (χ1) is 9.52. The van der Waals surface area contributed by atoms with Crippen molar-refractivity contribution in [1.29, 1.82) is 0 Å². The molecule has 1 aromatic rings. The summed E-state index contributed by atoms with van der Waals surface area (Å²) in [7, 11) is 1.44. The van der Waals surface area contributed by atoms with Crippen LogP contribution in [0.25, 0.3) is 0 Å². The highest BCUT2D eigenvalue weighted by Crippen LogP contribution is 2.25. The van der Waals surface area contributed by atoms with Crippen molar-refractivity contribution in [3.8, 4) is 5.75 Å². The van der Waals surface area contributed by atoms with Crippen molar-refractivity contribution in [2.75, 3.05) is 26.7 Å². The number of nitrogens with one attached hydrogen (secondary N) is 1. The minimum atomic E-state index is -0.517. The van der Waals surface area contributed by atoms with E-state index in [0.717, 1.165) is 0 Å². The van der Waals surface area contributed by atoms with Crippen LogP contribution < -0.4 is 10.1 Å². The predicted octanol–water partition coefficient (Wildman–Crippen LogP) is 1.04. The van der Waals surface area contributed by atoms with Crippen molar-refractivity contribution >= 4 is 11.6 Å². The summed E-state index contributed by atoms with van der Waals surface area (Å²) in [6, 6.07) is 4.26. The van der Waals surface area contributed by atoms with E-state index in [1.807, 2.05) is 6.92 Å². The van der Waals surface area contributed by atoms with Gasteiger partial charge >= 0.3 is 0 Å². The normalized spacial score (nSPS) is 18.7. The Morgan fingerprint density at radius 2 is 2.30 bits per heavy atom. The van der Waals surface area contributed by atoms with Gasteiger partial charge in [0.25, 0.3) is 11.6 Å². The molecule has 0 spiro atoms. The zero-order valence-electron chi connectivity index (χ0n) is 11.5. The maximum absolute atomic E-state index is 12.5. The topological polar surface area (TPSA) is 84.7 Å². The van der Waals surface area contributed by atoms with Gasteiger partial charge < -0.3 is 15.0 Å². The van der Waals surface area contributed by atoms with Crippen molar-refractivity contribution in [3.05, 3.63) is 33.9 Å².